The van der Waals surface area contributed by atoms with E-state index < -0.39 is 5.91 Å². The van der Waals surface area contributed by atoms with E-state index >= 15 is 0 Å². The predicted octanol–water partition coefficient (Wildman–Crippen LogP) is 2.72. The van der Waals surface area contributed by atoms with Crippen molar-refractivity contribution in [3.8, 4) is 11.5 Å². The lowest BCUT2D eigenvalue weighted by Gasteiger charge is -2.57. The van der Waals surface area contributed by atoms with E-state index in [1.165, 1.54) is 0 Å². The molecule has 3 aliphatic rings. The fourth-order valence-electron chi connectivity index (χ4n) is 5.63. The first-order valence-electron chi connectivity index (χ1n) is 12.1. The second-order valence-electron chi connectivity index (χ2n) is 9.94. The molecule has 182 valence electrons. The molecular formula is C26H28N4O5. The minimum Gasteiger partial charge on any atom is -0.490 e. The van der Waals surface area contributed by atoms with Gasteiger partial charge in [0.15, 0.2) is 0 Å². The maximum absolute atomic E-state index is 12.9. The highest BCUT2D eigenvalue weighted by Crippen LogP contribution is 2.57. The van der Waals surface area contributed by atoms with Gasteiger partial charge in [0.2, 0.25) is 0 Å². The van der Waals surface area contributed by atoms with Crippen LogP contribution in [0.4, 0.5) is 0 Å². The van der Waals surface area contributed by atoms with Gasteiger partial charge in [0.05, 0.1) is 48.4 Å². The molecule has 3 fully saturated rings. The van der Waals surface area contributed by atoms with E-state index in [0.29, 0.717) is 29.2 Å². The lowest BCUT2D eigenvalue weighted by molar-refractivity contribution is -0.0834. The Balaban J connectivity index is 1.02. The van der Waals surface area contributed by atoms with Crippen LogP contribution in [-0.2, 0) is 4.74 Å². The van der Waals surface area contributed by atoms with Gasteiger partial charge >= 0.3 is 0 Å². The highest BCUT2D eigenvalue weighted by Gasteiger charge is 2.54. The molecule has 0 bridgehead atoms. The first kappa shape index (κ1) is 21.9. The Bertz CT molecular complexity index is 1270. The Hall–Kier alpha value is -3.59. The van der Waals surface area contributed by atoms with Gasteiger partial charge in [0.25, 0.3) is 11.8 Å². The molecule has 2 saturated carbocycles. The number of carbonyl (C=O) groups is 2. The maximum Gasteiger partial charge on any atom is 0.255 e. The van der Waals surface area contributed by atoms with Crippen molar-refractivity contribution in [1.82, 2.24) is 14.9 Å². The summed E-state index contributed by atoms with van der Waals surface area (Å²) in [5.41, 5.74) is 7.37. The molecule has 3 N–H and O–H groups in total. The van der Waals surface area contributed by atoms with E-state index in [2.05, 4.69) is 10.4 Å². The van der Waals surface area contributed by atoms with Gasteiger partial charge in [-0.05, 0) is 55.4 Å². The van der Waals surface area contributed by atoms with Crippen LogP contribution >= 0.6 is 0 Å². The number of amides is 2. The van der Waals surface area contributed by atoms with Crippen molar-refractivity contribution in [2.24, 2.45) is 11.1 Å². The molecule has 3 heterocycles. The zero-order valence-corrected chi connectivity index (χ0v) is 19.3. The largest absolute Gasteiger partial charge is 0.490 e. The minimum atomic E-state index is -0.485. The van der Waals surface area contributed by atoms with Gasteiger partial charge in [-0.25, -0.2) is 4.52 Å². The zero-order chi connectivity index (χ0) is 24.0. The summed E-state index contributed by atoms with van der Waals surface area (Å²) in [6, 6.07) is 11.0. The summed E-state index contributed by atoms with van der Waals surface area (Å²) in [6.07, 6.45) is 8.09. The number of nitrogens with one attached hydrogen (secondary N) is 1. The summed E-state index contributed by atoms with van der Waals surface area (Å²) < 4.78 is 19.0. The molecule has 1 aliphatic heterocycles. The summed E-state index contributed by atoms with van der Waals surface area (Å²) in [5.74, 6) is 0.660. The quantitative estimate of drug-likeness (QED) is 0.542. The molecule has 0 radical (unpaired) electrons. The van der Waals surface area contributed by atoms with Gasteiger partial charge in [-0.1, -0.05) is 12.1 Å². The molecule has 9 heteroatoms. The third kappa shape index (κ3) is 4.20. The molecule has 1 aromatic carbocycles. The number of para-hydroxylation sites is 1. The topological polar surface area (TPSA) is 117 Å². The van der Waals surface area contributed by atoms with Crippen LogP contribution in [0.1, 0.15) is 52.8 Å². The van der Waals surface area contributed by atoms with E-state index in [9.17, 15) is 9.59 Å². The van der Waals surface area contributed by atoms with Gasteiger partial charge in [0.1, 0.15) is 17.6 Å². The van der Waals surface area contributed by atoms with Crippen LogP contribution in [0.2, 0.25) is 0 Å². The molecule has 1 unspecified atom stereocenters. The highest BCUT2D eigenvalue weighted by atomic mass is 16.5. The van der Waals surface area contributed by atoms with Crippen LogP contribution in [-0.4, -0.2) is 52.9 Å². The number of pyridine rings is 1. The van der Waals surface area contributed by atoms with Crippen LogP contribution in [0.3, 0.4) is 0 Å². The molecule has 1 saturated heterocycles. The number of ether oxygens (including phenoxy) is 3. The summed E-state index contributed by atoms with van der Waals surface area (Å²) in [7, 11) is 0. The molecule has 2 amide bonds. The van der Waals surface area contributed by atoms with Crippen LogP contribution < -0.4 is 20.5 Å². The monoisotopic (exact) mass is 476 g/mol. The molecular weight excluding hydrogens is 448 g/mol. The number of primary amides is 1. The number of hydrogen-bond acceptors (Lipinski definition) is 6. The smallest absolute Gasteiger partial charge is 0.255 e. The SMILES string of the molecule is NC(=O)c1ccccc1OC1CC2(CC(NC(=O)c3cnn4cc(OC5CCOC5)ccc34)C2)C1. The second-order valence-corrected chi connectivity index (χ2v) is 9.94. The van der Waals surface area contributed by atoms with Crippen molar-refractivity contribution < 1.29 is 23.8 Å². The van der Waals surface area contributed by atoms with Crippen molar-refractivity contribution in [3.05, 3.63) is 59.9 Å². The number of nitrogens with zero attached hydrogens (tertiary/aromatic N) is 2. The number of hydrogen-bond donors (Lipinski definition) is 2. The lowest BCUT2D eigenvalue weighted by atomic mass is 9.53. The fourth-order valence-corrected chi connectivity index (χ4v) is 5.63. The second kappa shape index (κ2) is 8.57. The number of rotatable bonds is 7. The number of fused-ring (bicyclic) bond motifs is 1. The number of nitrogens with two attached hydrogens (primary N) is 1. The standard InChI is InChI=1S/C26H28N4O5/c27-24(31)20-3-1-2-4-23(20)35-19-11-26(12-19)9-16(10-26)29-25(32)21-13-28-30-14-17(5-6-22(21)30)34-18-7-8-33-15-18/h1-6,13-14,16,18-19H,7-12,15H2,(H2,27,31)(H,29,32). The van der Waals surface area contributed by atoms with Gasteiger partial charge in [0, 0.05) is 12.5 Å². The Kier molecular flexibility index (Phi) is 5.36. The Labute approximate surface area is 202 Å². The van der Waals surface area contributed by atoms with E-state index in [0.717, 1.165) is 44.2 Å². The molecule has 1 atom stereocenters. The number of aromatic nitrogens is 2. The third-order valence-electron chi connectivity index (χ3n) is 7.39. The molecule has 3 aromatic rings. The summed E-state index contributed by atoms with van der Waals surface area (Å²) in [5, 5.41) is 7.50. The lowest BCUT2D eigenvalue weighted by Crippen LogP contribution is -2.58. The summed E-state index contributed by atoms with van der Waals surface area (Å²) in [4.78, 5) is 24.5. The molecule has 6 rings (SSSR count). The number of carbonyl (C=O) groups excluding carboxylic acids is 2. The highest BCUT2D eigenvalue weighted by molar-refractivity contribution is 6.00. The summed E-state index contributed by atoms with van der Waals surface area (Å²) >= 11 is 0. The molecule has 1 spiro atoms. The van der Waals surface area contributed by atoms with Crippen molar-refractivity contribution in [2.45, 2.75) is 50.4 Å². The normalized spacial score (nSPS) is 27.3. The molecule has 9 nitrogen and oxygen atoms in total. The molecule has 2 aromatic heterocycles. The Morgan fingerprint density at radius 1 is 1.06 bits per heavy atom. The molecule has 35 heavy (non-hydrogen) atoms. The van der Waals surface area contributed by atoms with Gasteiger partial charge < -0.3 is 25.3 Å². The van der Waals surface area contributed by atoms with E-state index in [1.807, 2.05) is 18.2 Å². The zero-order valence-electron chi connectivity index (χ0n) is 19.3. The Morgan fingerprint density at radius 2 is 1.89 bits per heavy atom. The van der Waals surface area contributed by atoms with Crippen LogP contribution in [0.5, 0.6) is 11.5 Å². The first-order chi connectivity index (χ1) is 17.0. The van der Waals surface area contributed by atoms with Gasteiger partial charge in [-0.15, -0.1) is 0 Å². The van der Waals surface area contributed by atoms with Gasteiger partial charge in [-0.2, -0.15) is 5.10 Å². The average molecular weight is 477 g/mol. The van der Waals surface area contributed by atoms with Crippen molar-refractivity contribution in [1.29, 1.82) is 0 Å². The predicted molar refractivity (Wildman–Crippen MR) is 127 cm³/mol. The van der Waals surface area contributed by atoms with Crippen LogP contribution in [0, 0.1) is 5.41 Å². The van der Waals surface area contributed by atoms with Crippen LogP contribution in [0.25, 0.3) is 5.52 Å². The van der Waals surface area contributed by atoms with Gasteiger partial charge in [-0.3, -0.25) is 9.59 Å². The maximum atomic E-state index is 12.9. The van der Waals surface area contributed by atoms with E-state index in [1.54, 1.807) is 35.1 Å². The molecule has 2 aliphatic carbocycles. The average Bonchev–Trinajstić information content (AvgIpc) is 3.46. The third-order valence-corrected chi connectivity index (χ3v) is 7.39. The Morgan fingerprint density at radius 3 is 2.66 bits per heavy atom. The van der Waals surface area contributed by atoms with Crippen molar-refractivity contribution in [2.75, 3.05) is 13.2 Å². The van der Waals surface area contributed by atoms with E-state index in [-0.39, 0.29) is 29.6 Å². The summed E-state index contributed by atoms with van der Waals surface area (Å²) in [6.45, 7) is 1.32. The van der Waals surface area contributed by atoms with Crippen molar-refractivity contribution >= 4 is 17.3 Å². The van der Waals surface area contributed by atoms with E-state index in [4.69, 9.17) is 19.9 Å². The number of benzene rings is 1. The van der Waals surface area contributed by atoms with Crippen molar-refractivity contribution in [3.63, 3.8) is 0 Å². The first-order valence-corrected chi connectivity index (χ1v) is 12.1. The fraction of sp³-hybridized carbons (Fsp3) is 0.423. The van der Waals surface area contributed by atoms with Crippen LogP contribution in [0.15, 0.2) is 48.8 Å². The minimum absolute atomic E-state index is 0.0612.